The van der Waals surface area contributed by atoms with E-state index in [0.717, 1.165) is 6.42 Å². The molecule has 4 nitrogen and oxygen atoms in total. The lowest BCUT2D eigenvalue weighted by molar-refractivity contribution is -0.141. The molecule has 1 fully saturated rings. The van der Waals surface area contributed by atoms with Crippen LogP contribution < -0.4 is 5.32 Å². The van der Waals surface area contributed by atoms with E-state index in [1.54, 1.807) is 12.2 Å². The fourth-order valence-electron chi connectivity index (χ4n) is 2.57. The minimum atomic E-state index is -0.989. The molecule has 0 saturated heterocycles. The van der Waals surface area contributed by atoms with Gasteiger partial charge in [-0.15, -0.1) is 0 Å². The number of hydrogen-bond acceptors (Lipinski definition) is 2. The molecule has 0 radical (unpaired) electrons. The Morgan fingerprint density at radius 1 is 1.38 bits per heavy atom. The van der Waals surface area contributed by atoms with Crippen molar-refractivity contribution in [2.45, 2.75) is 38.1 Å². The number of rotatable bonds is 7. The highest BCUT2D eigenvalue weighted by Crippen LogP contribution is 2.49. The Morgan fingerprint density at radius 3 is 2.71 bits per heavy atom. The van der Waals surface area contributed by atoms with E-state index in [1.165, 1.54) is 5.56 Å². The molecule has 1 aliphatic carbocycles. The Labute approximate surface area is 124 Å². The number of carboxylic acid groups (broad SMARTS) is 1. The van der Waals surface area contributed by atoms with Crippen LogP contribution in [0.3, 0.4) is 0 Å². The van der Waals surface area contributed by atoms with Gasteiger partial charge in [-0.05, 0) is 37.2 Å². The summed E-state index contributed by atoms with van der Waals surface area (Å²) < 4.78 is 0. The van der Waals surface area contributed by atoms with Crippen molar-refractivity contribution in [1.82, 2.24) is 5.32 Å². The number of benzene rings is 1. The molecule has 112 valence electrons. The van der Waals surface area contributed by atoms with Crippen molar-refractivity contribution in [3.8, 4) is 0 Å². The minimum absolute atomic E-state index is 0.171. The van der Waals surface area contributed by atoms with Gasteiger partial charge in [-0.25, -0.2) is 4.79 Å². The predicted octanol–water partition coefficient (Wildman–Crippen LogP) is 2.72. The van der Waals surface area contributed by atoms with E-state index in [9.17, 15) is 9.59 Å². The molecule has 0 aliphatic heterocycles. The van der Waals surface area contributed by atoms with E-state index in [2.05, 4.69) is 17.4 Å². The van der Waals surface area contributed by atoms with E-state index in [1.807, 2.05) is 25.1 Å². The number of nitrogens with one attached hydrogen (secondary N) is 1. The molecule has 4 heteroatoms. The zero-order valence-corrected chi connectivity index (χ0v) is 12.2. The molecule has 1 aliphatic rings. The molecule has 1 aromatic carbocycles. The van der Waals surface area contributed by atoms with Crippen LogP contribution in [0.1, 0.15) is 37.7 Å². The first-order chi connectivity index (χ1) is 10.1. The standard InChI is InChI=1S/C17H21NO3/c1-2-3-9-15(17(20)21)18-16(19)11-13-10-14(13)12-7-5-4-6-8-12/h2-8,13-15H,9-11H2,1H3,(H,18,19)(H,20,21)/b3-2+/t13-,14-,15?/m0/s1. The van der Waals surface area contributed by atoms with Gasteiger partial charge in [-0.1, -0.05) is 42.5 Å². The lowest BCUT2D eigenvalue weighted by atomic mass is 10.1. The summed E-state index contributed by atoms with van der Waals surface area (Å²) in [7, 11) is 0. The second-order valence-electron chi connectivity index (χ2n) is 5.48. The number of carbonyl (C=O) groups is 2. The smallest absolute Gasteiger partial charge is 0.326 e. The van der Waals surface area contributed by atoms with Crippen LogP contribution in [0, 0.1) is 5.92 Å². The van der Waals surface area contributed by atoms with Crippen LogP contribution in [0.15, 0.2) is 42.5 Å². The Hall–Kier alpha value is -2.10. The Bertz CT molecular complexity index is 524. The highest BCUT2D eigenvalue weighted by atomic mass is 16.4. The highest BCUT2D eigenvalue weighted by Gasteiger charge is 2.39. The lowest BCUT2D eigenvalue weighted by Gasteiger charge is -2.12. The first kappa shape index (κ1) is 15.3. The summed E-state index contributed by atoms with van der Waals surface area (Å²) in [5.41, 5.74) is 1.26. The van der Waals surface area contributed by atoms with Gasteiger partial charge in [0, 0.05) is 6.42 Å². The first-order valence-electron chi connectivity index (χ1n) is 7.30. The normalized spacial score (nSPS) is 22.0. The van der Waals surface area contributed by atoms with Gasteiger partial charge in [0.05, 0.1) is 0 Å². The zero-order valence-electron chi connectivity index (χ0n) is 12.2. The van der Waals surface area contributed by atoms with Crippen molar-refractivity contribution in [3.63, 3.8) is 0 Å². The molecule has 1 aromatic rings. The quantitative estimate of drug-likeness (QED) is 0.758. The van der Waals surface area contributed by atoms with Gasteiger partial charge in [-0.2, -0.15) is 0 Å². The van der Waals surface area contributed by atoms with E-state index >= 15 is 0 Å². The topological polar surface area (TPSA) is 66.4 Å². The summed E-state index contributed by atoms with van der Waals surface area (Å²) >= 11 is 0. The molecule has 2 N–H and O–H groups in total. The second kappa shape index (κ2) is 7.07. The van der Waals surface area contributed by atoms with E-state index in [0.29, 0.717) is 24.7 Å². The molecule has 3 atom stereocenters. The SMILES string of the molecule is C/C=C/CC(NC(=O)C[C@@H]1C[C@H]1c1ccccc1)C(=O)O. The Kier molecular flexibility index (Phi) is 5.14. The maximum absolute atomic E-state index is 11.9. The molecule has 0 aromatic heterocycles. The van der Waals surface area contributed by atoms with Gasteiger partial charge >= 0.3 is 5.97 Å². The van der Waals surface area contributed by atoms with Crippen LogP contribution in [0.2, 0.25) is 0 Å². The van der Waals surface area contributed by atoms with Gasteiger partial charge in [0.15, 0.2) is 0 Å². The molecule has 0 heterocycles. The fraction of sp³-hybridized carbons (Fsp3) is 0.412. The predicted molar refractivity (Wildman–Crippen MR) is 80.9 cm³/mol. The van der Waals surface area contributed by atoms with Gasteiger partial charge in [0.1, 0.15) is 6.04 Å². The van der Waals surface area contributed by atoms with Crippen LogP contribution in [0.5, 0.6) is 0 Å². The largest absolute Gasteiger partial charge is 0.480 e. The van der Waals surface area contributed by atoms with Crippen molar-refractivity contribution in [1.29, 1.82) is 0 Å². The zero-order chi connectivity index (χ0) is 15.2. The van der Waals surface area contributed by atoms with Crippen molar-refractivity contribution in [3.05, 3.63) is 48.0 Å². The van der Waals surface area contributed by atoms with Gasteiger partial charge in [0.2, 0.25) is 5.91 Å². The molecule has 2 rings (SSSR count). The third-order valence-corrected chi connectivity index (χ3v) is 3.84. The highest BCUT2D eigenvalue weighted by molar-refractivity contribution is 5.84. The third kappa shape index (κ3) is 4.45. The van der Waals surface area contributed by atoms with Crippen LogP contribution in [-0.2, 0) is 9.59 Å². The van der Waals surface area contributed by atoms with Crippen molar-refractivity contribution < 1.29 is 14.7 Å². The molecule has 0 spiro atoms. The minimum Gasteiger partial charge on any atom is -0.480 e. The molecular weight excluding hydrogens is 266 g/mol. The van der Waals surface area contributed by atoms with Gasteiger partial charge in [0.25, 0.3) is 0 Å². The summed E-state index contributed by atoms with van der Waals surface area (Å²) in [6.07, 6.45) is 5.27. The average molecular weight is 287 g/mol. The average Bonchev–Trinajstić information content (AvgIpc) is 3.23. The number of carboxylic acids is 1. The molecule has 1 saturated carbocycles. The van der Waals surface area contributed by atoms with Crippen LogP contribution >= 0.6 is 0 Å². The van der Waals surface area contributed by atoms with E-state index < -0.39 is 12.0 Å². The number of aliphatic carboxylic acids is 1. The molecule has 21 heavy (non-hydrogen) atoms. The summed E-state index contributed by atoms with van der Waals surface area (Å²) in [5.74, 6) is -0.383. The van der Waals surface area contributed by atoms with Crippen molar-refractivity contribution in [2.24, 2.45) is 5.92 Å². The number of carbonyl (C=O) groups excluding carboxylic acids is 1. The molecule has 0 bridgehead atoms. The van der Waals surface area contributed by atoms with Crippen LogP contribution in [-0.4, -0.2) is 23.0 Å². The third-order valence-electron chi connectivity index (χ3n) is 3.84. The van der Waals surface area contributed by atoms with E-state index in [4.69, 9.17) is 5.11 Å². The summed E-state index contributed by atoms with van der Waals surface area (Å²) in [6, 6.07) is 9.31. The van der Waals surface area contributed by atoms with Crippen molar-refractivity contribution >= 4 is 11.9 Å². The molecule has 1 unspecified atom stereocenters. The van der Waals surface area contributed by atoms with Gasteiger partial charge < -0.3 is 10.4 Å². The number of hydrogen-bond donors (Lipinski definition) is 2. The maximum Gasteiger partial charge on any atom is 0.326 e. The Morgan fingerprint density at radius 2 is 2.10 bits per heavy atom. The summed E-state index contributed by atoms with van der Waals surface area (Å²) in [6.45, 7) is 1.83. The number of amides is 1. The van der Waals surface area contributed by atoms with Crippen LogP contribution in [0.4, 0.5) is 0 Å². The molecular formula is C17H21NO3. The summed E-state index contributed by atoms with van der Waals surface area (Å²) in [4.78, 5) is 23.0. The first-order valence-corrected chi connectivity index (χ1v) is 7.30. The second-order valence-corrected chi connectivity index (χ2v) is 5.48. The summed E-state index contributed by atoms with van der Waals surface area (Å²) in [5, 5.41) is 11.7. The Balaban J connectivity index is 1.81. The van der Waals surface area contributed by atoms with Crippen LogP contribution in [0.25, 0.3) is 0 Å². The number of allylic oxidation sites excluding steroid dienone is 1. The molecule has 1 amide bonds. The monoisotopic (exact) mass is 287 g/mol. The maximum atomic E-state index is 11.9. The fourth-order valence-corrected chi connectivity index (χ4v) is 2.57. The van der Waals surface area contributed by atoms with E-state index in [-0.39, 0.29) is 5.91 Å². The van der Waals surface area contributed by atoms with Gasteiger partial charge in [-0.3, -0.25) is 4.79 Å². The van der Waals surface area contributed by atoms with Crippen molar-refractivity contribution in [2.75, 3.05) is 0 Å². The lowest BCUT2D eigenvalue weighted by Crippen LogP contribution is -2.40.